The van der Waals surface area contributed by atoms with Crippen LogP contribution in [0, 0.1) is 5.92 Å². The summed E-state index contributed by atoms with van der Waals surface area (Å²) in [6.45, 7) is 7.52. The predicted octanol–water partition coefficient (Wildman–Crippen LogP) is -1.11. The summed E-state index contributed by atoms with van der Waals surface area (Å²) in [6, 6.07) is -0.442. The molecular weight excluding hydrogens is 262 g/mol. The second-order valence-corrected chi connectivity index (χ2v) is 5.86. The van der Waals surface area contributed by atoms with E-state index in [1.807, 2.05) is 13.8 Å². The number of carbonyl (C=O) groups excluding carboxylic acids is 1. The molecule has 0 aliphatic carbocycles. The molecule has 2 aliphatic rings. The van der Waals surface area contributed by atoms with Crippen molar-refractivity contribution in [2.45, 2.75) is 25.4 Å². The van der Waals surface area contributed by atoms with Crippen molar-refractivity contribution < 1.29 is 19.4 Å². The molecule has 0 bridgehead atoms. The Kier molecular flexibility index (Phi) is 4.62. The van der Waals surface area contributed by atoms with Crippen LogP contribution in [0.5, 0.6) is 0 Å². The van der Waals surface area contributed by atoms with E-state index in [4.69, 9.17) is 9.84 Å². The fourth-order valence-electron chi connectivity index (χ4n) is 2.65. The largest absolute Gasteiger partial charge is 0.481 e. The van der Waals surface area contributed by atoms with Gasteiger partial charge in [-0.15, -0.1) is 0 Å². The van der Waals surface area contributed by atoms with Gasteiger partial charge in [-0.1, -0.05) is 0 Å². The molecule has 2 rings (SSSR count). The lowest BCUT2D eigenvalue weighted by molar-refractivity contribution is -0.142. The predicted molar refractivity (Wildman–Crippen MR) is 72.4 cm³/mol. The van der Waals surface area contributed by atoms with Crippen molar-refractivity contribution in [2.75, 3.05) is 39.4 Å². The Bertz CT molecular complexity index is 380. The van der Waals surface area contributed by atoms with Crippen molar-refractivity contribution in [1.29, 1.82) is 0 Å². The highest BCUT2D eigenvalue weighted by Crippen LogP contribution is 2.19. The average Bonchev–Trinajstić information content (AvgIpc) is 2.88. The van der Waals surface area contributed by atoms with Crippen LogP contribution in [-0.4, -0.2) is 72.9 Å². The van der Waals surface area contributed by atoms with Gasteiger partial charge in [0.05, 0.1) is 24.8 Å². The van der Waals surface area contributed by atoms with Crippen LogP contribution in [0.2, 0.25) is 0 Å². The number of carbonyl (C=O) groups is 2. The molecular formula is C13H23N3O4. The molecule has 7 heteroatoms. The van der Waals surface area contributed by atoms with E-state index in [9.17, 15) is 9.59 Å². The number of carboxylic acids is 1. The monoisotopic (exact) mass is 285 g/mol. The van der Waals surface area contributed by atoms with E-state index in [1.54, 1.807) is 0 Å². The second kappa shape index (κ2) is 6.07. The molecule has 0 aromatic heterocycles. The van der Waals surface area contributed by atoms with Gasteiger partial charge in [-0.05, 0) is 13.8 Å². The number of hydrogen-bond acceptors (Lipinski definition) is 5. The fourth-order valence-corrected chi connectivity index (χ4v) is 2.65. The Morgan fingerprint density at radius 3 is 2.55 bits per heavy atom. The van der Waals surface area contributed by atoms with Crippen molar-refractivity contribution in [3.05, 3.63) is 0 Å². The lowest BCUT2D eigenvalue weighted by Crippen LogP contribution is -2.61. The number of ether oxygens (including phenoxy) is 1. The van der Waals surface area contributed by atoms with Crippen LogP contribution in [0.4, 0.5) is 0 Å². The van der Waals surface area contributed by atoms with E-state index in [0.717, 1.165) is 26.2 Å². The van der Waals surface area contributed by atoms with Gasteiger partial charge in [0.25, 0.3) is 0 Å². The molecule has 0 radical (unpaired) electrons. The number of nitrogens with one attached hydrogen (secondary N) is 2. The first kappa shape index (κ1) is 15.2. The lowest BCUT2D eigenvalue weighted by atomic mass is 9.97. The molecule has 2 saturated heterocycles. The normalized spacial score (nSPS) is 28.3. The van der Waals surface area contributed by atoms with Crippen LogP contribution in [0.1, 0.15) is 13.8 Å². The van der Waals surface area contributed by atoms with Gasteiger partial charge in [-0.25, -0.2) is 0 Å². The molecule has 2 heterocycles. The fraction of sp³-hybridized carbons (Fsp3) is 0.846. The molecule has 7 nitrogen and oxygen atoms in total. The Morgan fingerprint density at radius 2 is 1.95 bits per heavy atom. The molecule has 2 atom stereocenters. The zero-order chi connectivity index (χ0) is 14.8. The summed E-state index contributed by atoms with van der Waals surface area (Å²) < 4.78 is 5.17. The zero-order valence-electron chi connectivity index (χ0n) is 12.0. The van der Waals surface area contributed by atoms with Gasteiger partial charge in [0.1, 0.15) is 5.92 Å². The molecule has 2 fully saturated rings. The number of piperazine rings is 1. The topological polar surface area (TPSA) is 90.9 Å². The minimum Gasteiger partial charge on any atom is -0.481 e. The highest BCUT2D eigenvalue weighted by Gasteiger charge is 2.40. The van der Waals surface area contributed by atoms with Crippen molar-refractivity contribution in [3.63, 3.8) is 0 Å². The maximum atomic E-state index is 12.5. The summed E-state index contributed by atoms with van der Waals surface area (Å²) in [7, 11) is 0. The third-order valence-corrected chi connectivity index (χ3v) is 4.18. The van der Waals surface area contributed by atoms with Gasteiger partial charge in [0.15, 0.2) is 0 Å². The van der Waals surface area contributed by atoms with E-state index in [0.29, 0.717) is 0 Å². The van der Waals surface area contributed by atoms with Gasteiger partial charge in [-0.2, -0.15) is 0 Å². The summed E-state index contributed by atoms with van der Waals surface area (Å²) in [6.07, 6.45) is 0. The van der Waals surface area contributed by atoms with Crippen LogP contribution in [0.3, 0.4) is 0 Å². The lowest BCUT2D eigenvalue weighted by Gasteiger charge is -2.40. The van der Waals surface area contributed by atoms with Gasteiger partial charge in [-0.3, -0.25) is 14.5 Å². The molecule has 114 valence electrons. The van der Waals surface area contributed by atoms with E-state index in [1.165, 1.54) is 0 Å². The minimum absolute atomic E-state index is 0.138. The SMILES string of the molecule is CC(C)(C(=O)NC1COCC1C(=O)O)N1CCNCC1. The molecule has 0 aromatic carbocycles. The Morgan fingerprint density at radius 1 is 1.30 bits per heavy atom. The maximum absolute atomic E-state index is 12.5. The Labute approximate surface area is 118 Å². The summed E-state index contributed by atoms with van der Waals surface area (Å²) in [4.78, 5) is 25.7. The molecule has 0 spiro atoms. The summed E-state index contributed by atoms with van der Waals surface area (Å²) in [5.74, 6) is -1.72. The number of nitrogens with zero attached hydrogens (tertiary/aromatic N) is 1. The third-order valence-electron chi connectivity index (χ3n) is 4.18. The first-order valence-electron chi connectivity index (χ1n) is 7.00. The van der Waals surface area contributed by atoms with E-state index in [2.05, 4.69) is 15.5 Å². The number of carboxylic acid groups (broad SMARTS) is 1. The average molecular weight is 285 g/mol. The quantitative estimate of drug-likeness (QED) is 0.606. The first-order valence-corrected chi connectivity index (χ1v) is 7.00. The van der Waals surface area contributed by atoms with E-state index >= 15 is 0 Å². The Balaban J connectivity index is 1.97. The molecule has 20 heavy (non-hydrogen) atoms. The first-order chi connectivity index (χ1) is 9.43. The second-order valence-electron chi connectivity index (χ2n) is 5.86. The summed E-state index contributed by atoms with van der Waals surface area (Å²) in [5, 5.41) is 15.2. The van der Waals surface area contributed by atoms with Crippen molar-refractivity contribution >= 4 is 11.9 Å². The smallest absolute Gasteiger partial charge is 0.311 e. The van der Waals surface area contributed by atoms with Crippen molar-refractivity contribution in [2.24, 2.45) is 5.92 Å². The molecule has 2 aliphatic heterocycles. The highest BCUT2D eigenvalue weighted by molar-refractivity contribution is 5.86. The Hall–Kier alpha value is -1.18. The number of rotatable bonds is 4. The van der Waals surface area contributed by atoms with Crippen LogP contribution in [-0.2, 0) is 14.3 Å². The van der Waals surface area contributed by atoms with Crippen molar-refractivity contribution in [3.8, 4) is 0 Å². The van der Waals surface area contributed by atoms with Crippen LogP contribution in [0.25, 0.3) is 0 Å². The third kappa shape index (κ3) is 3.11. The minimum atomic E-state index is -0.923. The standard InChI is InChI=1S/C13H23N3O4/c1-13(2,16-5-3-14-4-6-16)12(19)15-10-8-20-7-9(10)11(17)18/h9-10,14H,3-8H2,1-2H3,(H,15,19)(H,17,18). The number of hydrogen-bond donors (Lipinski definition) is 3. The molecule has 1 amide bonds. The van der Waals surface area contributed by atoms with Gasteiger partial charge < -0.3 is 20.5 Å². The molecule has 2 unspecified atom stereocenters. The van der Waals surface area contributed by atoms with Crippen LogP contribution >= 0.6 is 0 Å². The van der Waals surface area contributed by atoms with Gasteiger partial charge in [0.2, 0.25) is 5.91 Å². The van der Waals surface area contributed by atoms with Crippen molar-refractivity contribution in [1.82, 2.24) is 15.5 Å². The zero-order valence-corrected chi connectivity index (χ0v) is 12.0. The summed E-state index contributed by atoms with van der Waals surface area (Å²) in [5.41, 5.74) is -0.645. The maximum Gasteiger partial charge on any atom is 0.311 e. The van der Waals surface area contributed by atoms with Gasteiger partial charge >= 0.3 is 5.97 Å². The van der Waals surface area contributed by atoms with Gasteiger partial charge in [0, 0.05) is 26.2 Å². The summed E-state index contributed by atoms with van der Waals surface area (Å²) >= 11 is 0. The van der Waals surface area contributed by atoms with E-state index in [-0.39, 0.29) is 19.1 Å². The number of aliphatic carboxylic acids is 1. The van der Waals surface area contributed by atoms with Crippen LogP contribution < -0.4 is 10.6 Å². The highest BCUT2D eigenvalue weighted by atomic mass is 16.5. The van der Waals surface area contributed by atoms with Crippen LogP contribution in [0.15, 0.2) is 0 Å². The molecule has 0 saturated carbocycles. The number of amides is 1. The molecule has 3 N–H and O–H groups in total. The van der Waals surface area contributed by atoms with E-state index < -0.39 is 23.5 Å². The molecule has 0 aromatic rings.